The van der Waals surface area contributed by atoms with Crippen LogP contribution in [0.1, 0.15) is 42.1 Å². The number of hydrogen-bond donors (Lipinski definition) is 1. The number of amides is 2. The molecule has 1 saturated heterocycles. The molecule has 2 amide bonds. The molecule has 3 aromatic rings. The number of ether oxygens (including phenoxy) is 1. The second kappa shape index (κ2) is 12.1. The molecule has 11 nitrogen and oxygen atoms in total. The molecule has 4 heterocycles. The Morgan fingerprint density at radius 1 is 1.15 bits per heavy atom. The fourth-order valence-electron chi connectivity index (χ4n) is 6.42. The molecule has 12 heteroatoms. The highest BCUT2D eigenvalue weighted by atomic mass is 32.2. The molecular weight excluding hydrogens is 604 g/mol. The van der Waals surface area contributed by atoms with Gasteiger partial charge in [-0.2, -0.15) is 0 Å². The number of pyridine rings is 1. The summed E-state index contributed by atoms with van der Waals surface area (Å²) in [5.41, 5.74) is 3.32. The van der Waals surface area contributed by atoms with E-state index in [2.05, 4.69) is 33.7 Å². The highest BCUT2D eigenvalue weighted by Gasteiger charge is 2.54. The lowest BCUT2D eigenvalue weighted by molar-refractivity contribution is -0.121. The maximum atomic E-state index is 14.1. The van der Waals surface area contributed by atoms with Crippen molar-refractivity contribution in [2.24, 2.45) is 10.9 Å². The van der Waals surface area contributed by atoms with Crippen molar-refractivity contribution in [3.8, 4) is 11.1 Å². The number of dihydropyridines is 1. The van der Waals surface area contributed by atoms with Crippen molar-refractivity contribution in [3.05, 3.63) is 72.3 Å². The molecule has 46 heavy (non-hydrogen) atoms. The zero-order valence-electron chi connectivity index (χ0n) is 26.7. The van der Waals surface area contributed by atoms with Gasteiger partial charge in [-0.3, -0.25) is 9.59 Å². The zero-order chi connectivity index (χ0) is 32.8. The van der Waals surface area contributed by atoms with Crippen LogP contribution >= 0.6 is 0 Å². The fraction of sp³-hybridized carbons (Fsp3) is 0.412. The number of rotatable bonds is 10. The average molecular weight is 645 g/mol. The number of fused-ring (bicyclic) bond motifs is 1. The summed E-state index contributed by atoms with van der Waals surface area (Å²) in [5, 5.41) is 3.43. The number of aryl methyl sites for hydroxylation is 1. The summed E-state index contributed by atoms with van der Waals surface area (Å²) < 4.78 is 34.0. The lowest BCUT2D eigenvalue weighted by atomic mass is 9.98. The number of benzene rings is 1. The molecule has 2 fully saturated rings. The van der Waals surface area contributed by atoms with E-state index in [-0.39, 0.29) is 6.54 Å². The largest absolute Gasteiger partial charge is 0.500 e. The topological polar surface area (TPSA) is 126 Å². The van der Waals surface area contributed by atoms with Crippen LogP contribution in [0.4, 0.5) is 5.82 Å². The number of piperazine rings is 1. The van der Waals surface area contributed by atoms with E-state index >= 15 is 0 Å². The number of nitrogens with zero attached hydrogens (tertiary/aromatic N) is 5. The first-order valence-electron chi connectivity index (χ1n) is 15.5. The smallest absolute Gasteiger partial charge is 0.258 e. The van der Waals surface area contributed by atoms with E-state index in [1.54, 1.807) is 44.5 Å². The minimum absolute atomic E-state index is 0.0262. The van der Waals surface area contributed by atoms with E-state index < -0.39 is 32.5 Å². The van der Waals surface area contributed by atoms with Gasteiger partial charge in [-0.25, -0.2) is 22.4 Å². The van der Waals surface area contributed by atoms with Crippen LogP contribution in [0.3, 0.4) is 0 Å². The first kappa shape index (κ1) is 31.7. The van der Waals surface area contributed by atoms with Crippen LogP contribution in [0.2, 0.25) is 0 Å². The molecule has 1 atom stereocenters. The quantitative estimate of drug-likeness (QED) is 0.329. The van der Waals surface area contributed by atoms with Crippen molar-refractivity contribution in [1.29, 1.82) is 0 Å². The third-order valence-corrected chi connectivity index (χ3v) is 11.8. The van der Waals surface area contributed by atoms with E-state index in [4.69, 9.17) is 9.72 Å². The Hall–Kier alpha value is -4.29. The Kier molecular flexibility index (Phi) is 8.36. The van der Waals surface area contributed by atoms with Crippen LogP contribution in [0.25, 0.3) is 22.0 Å². The molecule has 242 valence electrons. The lowest BCUT2D eigenvalue weighted by Gasteiger charge is -2.33. The summed E-state index contributed by atoms with van der Waals surface area (Å²) in [7, 11) is -0.227. The number of hydrogen-bond acceptors (Lipinski definition) is 8. The number of aromatic nitrogens is 2. The van der Waals surface area contributed by atoms with E-state index in [1.807, 2.05) is 18.2 Å². The van der Waals surface area contributed by atoms with Crippen molar-refractivity contribution in [2.45, 2.75) is 37.9 Å². The molecule has 1 N–H and O–H groups in total. The van der Waals surface area contributed by atoms with Gasteiger partial charge in [0.1, 0.15) is 17.5 Å². The molecule has 1 unspecified atom stereocenters. The molecule has 2 aromatic heterocycles. The number of carbonyl (C=O) groups is 2. The standard InChI is InChI=1S/C34H40N6O5S/c1-6-9-34(10-11-34)46(43,44)40-21-22(2)31-26(32(41)36-20-27-29(45-5)16-23(3)37-33(27)42)17-25(18-28(31)40)24-7-8-30(35-19-24)39-14-12-38(4)13-15-39/h6-8,16-19,21,27H,1,9-15,20H2,2-5H3,(H,36,41). The highest BCUT2D eigenvalue weighted by molar-refractivity contribution is 7.91. The van der Waals surface area contributed by atoms with Crippen molar-refractivity contribution < 1.29 is 22.7 Å². The van der Waals surface area contributed by atoms with Crippen LogP contribution in [-0.4, -0.2) is 91.4 Å². The number of carbonyl (C=O) groups excluding carboxylic acids is 2. The maximum Gasteiger partial charge on any atom is 0.258 e. The predicted molar refractivity (Wildman–Crippen MR) is 180 cm³/mol. The summed E-state index contributed by atoms with van der Waals surface area (Å²) in [5.74, 6) is -0.299. The maximum absolute atomic E-state index is 14.1. The van der Waals surface area contributed by atoms with Crippen molar-refractivity contribution >= 4 is 44.3 Å². The second-order valence-corrected chi connectivity index (χ2v) is 14.7. The molecule has 1 aromatic carbocycles. The minimum Gasteiger partial charge on any atom is -0.500 e. The monoisotopic (exact) mass is 644 g/mol. The molecule has 0 radical (unpaired) electrons. The molecule has 3 aliphatic rings. The van der Waals surface area contributed by atoms with E-state index in [0.29, 0.717) is 58.3 Å². The van der Waals surface area contributed by atoms with Crippen LogP contribution in [0, 0.1) is 12.8 Å². The number of likely N-dealkylation sites (N-methyl/N-ethyl adjacent to an activating group) is 1. The molecule has 6 rings (SSSR count). The van der Waals surface area contributed by atoms with Crippen LogP contribution in [-0.2, 0) is 19.6 Å². The number of aliphatic imine (C=N–C) groups is 1. The predicted octanol–water partition coefficient (Wildman–Crippen LogP) is 3.93. The molecular formula is C34H40N6O5S. The zero-order valence-corrected chi connectivity index (χ0v) is 27.6. The van der Waals surface area contributed by atoms with Gasteiger partial charge in [0.25, 0.3) is 11.8 Å². The molecule has 0 spiro atoms. The van der Waals surface area contributed by atoms with E-state index in [0.717, 1.165) is 37.6 Å². The van der Waals surface area contributed by atoms with Crippen LogP contribution < -0.4 is 10.2 Å². The first-order valence-corrected chi connectivity index (χ1v) is 17.0. The Labute approximate surface area is 269 Å². The van der Waals surface area contributed by atoms with Gasteiger partial charge < -0.3 is 19.9 Å². The van der Waals surface area contributed by atoms with Gasteiger partial charge in [0.05, 0.1) is 17.4 Å². The van der Waals surface area contributed by atoms with Crippen LogP contribution in [0.15, 0.2) is 66.1 Å². The van der Waals surface area contributed by atoms with Gasteiger partial charge in [-0.15, -0.1) is 6.58 Å². The average Bonchev–Trinajstić information content (AvgIpc) is 3.76. The van der Waals surface area contributed by atoms with Crippen LogP contribution in [0.5, 0.6) is 0 Å². The van der Waals surface area contributed by atoms with Gasteiger partial charge in [0.15, 0.2) is 0 Å². The van der Waals surface area contributed by atoms with Gasteiger partial charge in [-0.1, -0.05) is 6.08 Å². The third kappa shape index (κ3) is 5.64. The Bertz CT molecular complexity index is 1880. The number of anilines is 1. The number of methoxy groups -OCH3 is 1. The normalized spacial score (nSPS) is 19.9. The summed E-state index contributed by atoms with van der Waals surface area (Å²) >= 11 is 0. The molecule has 1 saturated carbocycles. The van der Waals surface area contributed by atoms with Crippen molar-refractivity contribution in [1.82, 2.24) is 19.2 Å². The SMILES string of the molecule is C=CCC1(S(=O)(=O)n2cc(C)c3c(C(=O)NCC4C(=O)N=C(C)C=C4OC)cc(-c4ccc(N5CCN(C)CC5)nc4)cc32)CC1. The van der Waals surface area contributed by atoms with Gasteiger partial charge in [0, 0.05) is 67.3 Å². The minimum atomic E-state index is -3.81. The summed E-state index contributed by atoms with van der Waals surface area (Å²) in [6.07, 6.45) is 8.17. The number of nitrogens with one attached hydrogen (secondary N) is 1. The fourth-order valence-corrected chi connectivity index (χ4v) is 8.48. The van der Waals surface area contributed by atoms with E-state index in [1.165, 1.54) is 11.1 Å². The molecule has 2 aliphatic heterocycles. The summed E-state index contributed by atoms with van der Waals surface area (Å²) in [6, 6.07) is 7.50. The van der Waals surface area contributed by atoms with Crippen molar-refractivity contribution in [3.63, 3.8) is 0 Å². The first-order chi connectivity index (χ1) is 22.0. The Morgan fingerprint density at radius 3 is 2.52 bits per heavy atom. The summed E-state index contributed by atoms with van der Waals surface area (Å²) in [6.45, 7) is 10.9. The van der Waals surface area contributed by atoms with E-state index in [9.17, 15) is 18.0 Å². The summed E-state index contributed by atoms with van der Waals surface area (Å²) in [4.78, 5) is 39.9. The van der Waals surface area contributed by atoms with Gasteiger partial charge >= 0.3 is 0 Å². The Balaban J connectivity index is 1.41. The number of allylic oxidation sites excluding steroid dienone is 2. The Morgan fingerprint density at radius 2 is 1.89 bits per heavy atom. The molecule has 0 bridgehead atoms. The second-order valence-electron chi connectivity index (χ2n) is 12.5. The van der Waals surface area contributed by atoms with Gasteiger partial charge in [0.2, 0.25) is 10.0 Å². The van der Waals surface area contributed by atoms with Crippen molar-refractivity contribution in [2.75, 3.05) is 51.8 Å². The highest BCUT2D eigenvalue weighted by Crippen LogP contribution is 2.49. The lowest BCUT2D eigenvalue weighted by Crippen LogP contribution is -2.44. The molecule has 1 aliphatic carbocycles. The third-order valence-electron chi connectivity index (χ3n) is 9.33. The van der Waals surface area contributed by atoms with Gasteiger partial charge in [-0.05, 0) is 81.6 Å².